The number of rotatable bonds is 2. The van der Waals surface area contributed by atoms with Gasteiger partial charge in [0.1, 0.15) is 0 Å². The molecule has 1 amide bonds. The monoisotopic (exact) mass is 294 g/mol. The van der Waals surface area contributed by atoms with Crippen molar-refractivity contribution in [2.45, 2.75) is 6.29 Å². The molecule has 8 heteroatoms. The third kappa shape index (κ3) is 2.69. The normalized spacial score (nSPS) is 14.8. The maximum atomic E-state index is 12.9. The van der Waals surface area contributed by atoms with Crippen molar-refractivity contribution in [1.82, 2.24) is 4.98 Å². The third-order valence-corrected chi connectivity index (χ3v) is 2.70. The van der Waals surface area contributed by atoms with Crippen LogP contribution in [0, 0.1) is 0 Å². The highest BCUT2D eigenvalue weighted by molar-refractivity contribution is 6.04. The fourth-order valence-electron chi connectivity index (χ4n) is 1.82. The molecule has 0 aliphatic carbocycles. The van der Waals surface area contributed by atoms with Crippen LogP contribution >= 0.6 is 0 Å². The summed E-state index contributed by atoms with van der Waals surface area (Å²) in [6, 6.07) is 6.38. The summed E-state index contributed by atoms with van der Waals surface area (Å²) >= 11 is 0. The molecule has 1 aromatic heterocycles. The lowest BCUT2D eigenvalue weighted by molar-refractivity contribution is -0.286. The third-order valence-electron chi connectivity index (χ3n) is 2.70. The molecule has 1 aliphatic rings. The Balaban J connectivity index is 1.81. The number of carbonyl (C=O) groups is 1. The number of benzene rings is 1. The maximum absolute atomic E-state index is 12.9. The van der Waals surface area contributed by atoms with Crippen LogP contribution < -0.4 is 20.3 Å². The number of carbonyl (C=O) groups excluding carboxylic acids is 1. The zero-order valence-corrected chi connectivity index (χ0v) is 10.4. The average Bonchev–Trinajstić information content (AvgIpc) is 2.72. The number of aromatic amines is 1. The van der Waals surface area contributed by atoms with Crippen LogP contribution in [-0.4, -0.2) is 17.2 Å². The summed E-state index contributed by atoms with van der Waals surface area (Å²) in [5, 5.41) is 2.47. The highest BCUT2D eigenvalue weighted by Crippen LogP contribution is 2.42. The molecule has 0 atom stereocenters. The molecule has 0 fully saturated rings. The number of amides is 1. The first-order valence-electron chi connectivity index (χ1n) is 5.83. The van der Waals surface area contributed by atoms with Crippen molar-refractivity contribution >= 4 is 11.6 Å². The van der Waals surface area contributed by atoms with Gasteiger partial charge in [0.15, 0.2) is 11.5 Å². The Morgan fingerprint density at radius 1 is 1.14 bits per heavy atom. The smallest absolute Gasteiger partial charge is 0.395 e. The van der Waals surface area contributed by atoms with E-state index in [2.05, 4.69) is 19.8 Å². The van der Waals surface area contributed by atoms with E-state index in [0.29, 0.717) is 0 Å². The van der Waals surface area contributed by atoms with Gasteiger partial charge in [0.05, 0.1) is 0 Å². The van der Waals surface area contributed by atoms with Crippen LogP contribution in [0.25, 0.3) is 0 Å². The van der Waals surface area contributed by atoms with Crippen molar-refractivity contribution in [2.24, 2.45) is 0 Å². The molecule has 21 heavy (non-hydrogen) atoms. The van der Waals surface area contributed by atoms with E-state index in [-0.39, 0.29) is 22.7 Å². The van der Waals surface area contributed by atoms with Gasteiger partial charge < -0.3 is 19.8 Å². The molecule has 0 saturated heterocycles. The van der Waals surface area contributed by atoms with Crippen molar-refractivity contribution in [3.05, 3.63) is 52.4 Å². The van der Waals surface area contributed by atoms with Crippen molar-refractivity contribution in [1.29, 1.82) is 0 Å². The van der Waals surface area contributed by atoms with E-state index in [9.17, 15) is 18.4 Å². The lowest BCUT2D eigenvalue weighted by atomic mass is 10.2. The minimum atomic E-state index is -3.71. The first-order valence-corrected chi connectivity index (χ1v) is 5.83. The Morgan fingerprint density at radius 2 is 1.90 bits per heavy atom. The largest absolute Gasteiger partial charge is 0.586 e. The molecule has 1 aliphatic heterocycles. The number of pyridine rings is 1. The molecule has 2 heterocycles. The summed E-state index contributed by atoms with van der Waals surface area (Å²) in [4.78, 5) is 25.4. The number of hydrogen-bond acceptors (Lipinski definition) is 4. The van der Waals surface area contributed by atoms with Crippen molar-refractivity contribution < 1.29 is 23.0 Å². The van der Waals surface area contributed by atoms with Crippen LogP contribution in [0.3, 0.4) is 0 Å². The second-order valence-electron chi connectivity index (χ2n) is 4.22. The summed E-state index contributed by atoms with van der Waals surface area (Å²) in [5.41, 5.74) is -0.0462. The zero-order chi connectivity index (χ0) is 15.0. The summed E-state index contributed by atoms with van der Waals surface area (Å²) in [6.45, 7) is 0. The number of halogens is 2. The quantitative estimate of drug-likeness (QED) is 0.887. The fraction of sp³-hybridized carbons (Fsp3) is 0.0769. The van der Waals surface area contributed by atoms with E-state index in [1.54, 1.807) is 0 Å². The van der Waals surface area contributed by atoms with Crippen molar-refractivity contribution in [2.75, 3.05) is 5.32 Å². The van der Waals surface area contributed by atoms with E-state index in [4.69, 9.17) is 0 Å². The van der Waals surface area contributed by atoms with Gasteiger partial charge in [0, 0.05) is 29.6 Å². The number of alkyl halides is 2. The Morgan fingerprint density at radius 3 is 2.67 bits per heavy atom. The van der Waals surface area contributed by atoms with Crippen molar-refractivity contribution in [3.8, 4) is 11.5 Å². The number of hydrogen-bond donors (Lipinski definition) is 2. The Hall–Kier alpha value is -2.90. The highest BCUT2D eigenvalue weighted by Gasteiger charge is 2.43. The lowest BCUT2D eigenvalue weighted by Crippen LogP contribution is -2.25. The van der Waals surface area contributed by atoms with Gasteiger partial charge in [-0.2, -0.15) is 0 Å². The fourth-order valence-corrected chi connectivity index (χ4v) is 1.82. The Labute approximate surface area is 116 Å². The molecule has 2 aromatic rings. The molecule has 2 N–H and O–H groups in total. The predicted octanol–water partition coefficient (Wildman–Crippen LogP) is 1.95. The minimum Gasteiger partial charge on any atom is -0.395 e. The maximum Gasteiger partial charge on any atom is 0.586 e. The molecule has 0 radical (unpaired) electrons. The number of H-pyrrole nitrogens is 1. The lowest BCUT2D eigenvalue weighted by Gasteiger charge is -2.05. The Kier molecular flexibility index (Phi) is 2.86. The van der Waals surface area contributed by atoms with Crippen molar-refractivity contribution in [3.63, 3.8) is 0 Å². The summed E-state index contributed by atoms with van der Waals surface area (Å²) < 4.78 is 34.3. The summed E-state index contributed by atoms with van der Waals surface area (Å²) in [7, 11) is 0. The van der Waals surface area contributed by atoms with E-state index in [1.807, 2.05) is 0 Å². The summed E-state index contributed by atoms with van der Waals surface area (Å²) in [6.07, 6.45) is -2.38. The first kappa shape index (κ1) is 13.1. The molecular weight excluding hydrogens is 286 g/mol. The van der Waals surface area contributed by atoms with Gasteiger partial charge in [-0.3, -0.25) is 9.59 Å². The van der Waals surface area contributed by atoms with Gasteiger partial charge in [0.2, 0.25) is 5.56 Å². The van der Waals surface area contributed by atoms with Gasteiger partial charge in [-0.1, -0.05) is 0 Å². The molecule has 0 bridgehead atoms. The van der Waals surface area contributed by atoms with Crippen LogP contribution in [0.4, 0.5) is 14.5 Å². The van der Waals surface area contributed by atoms with Crippen LogP contribution in [0.2, 0.25) is 0 Å². The number of ether oxygens (including phenoxy) is 2. The molecule has 6 nitrogen and oxygen atoms in total. The minimum absolute atomic E-state index is 0.117. The van der Waals surface area contributed by atoms with Crippen LogP contribution in [0.5, 0.6) is 11.5 Å². The van der Waals surface area contributed by atoms with E-state index >= 15 is 0 Å². The van der Waals surface area contributed by atoms with Gasteiger partial charge in [0.25, 0.3) is 5.91 Å². The second kappa shape index (κ2) is 4.58. The van der Waals surface area contributed by atoms with Crippen LogP contribution in [0.1, 0.15) is 10.4 Å². The number of fused-ring (bicyclic) bond motifs is 1. The van der Waals surface area contributed by atoms with E-state index < -0.39 is 17.8 Å². The Bertz CT molecular complexity index is 773. The van der Waals surface area contributed by atoms with Gasteiger partial charge in [-0.15, -0.1) is 8.78 Å². The molecular formula is C13H8F2N2O4. The van der Waals surface area contributed by atoms with E-state index in [1.165, 1.54) is 30.5 Å². The molecule has 1 aromatic carbocycles. The van der Waals surface area contributed by atoms with Crippen LogP contribution in [-0.2, 0) is 0 Å². The number of anilines is 1. The SMILES string of the molecule is O=C(Nc1ccc2c(c1)OC(F)(F)O2)c1cc[nH]c(=O)c1. The topological polar surface area (TPSA) is 80.4 Å². The highest BCUT2D eigenvalue weighted by atomic mass is 19.3. The molecule has 0 saturated carbocycles. The second-order valence-corrected chi connectivity index (χ2v) is 4.22. The number of aromatic nitrogens is 1. The molecule has 3 rings (SSSR count). The standard InChI is InChI=1S/C13H8F2N2O4/c14-13(15)20-9-2-1-8(6-10(9)21-13)17-12(19)7-3-4-16-11(18)5-7/h1-6H,(H,16,18)(H,17,19). The molecule has 0 unspecified atom stereocenters. The average molecular weight is 294 g/mol. The predicted molar refractivity (Wildman–Crippen MR) is 67.7 cm³/mol. The summed E-state index contributed by atoms with van der Waals surface area (Å²) in [5.74, 6) is -0.843. The first-order chi connectivity index (χ1) is 9.93. The van der Waals surface area contributed by atoms with E-state index in [0.717, 1.165) is 6.07 Å². The van der Waals surface area contributed by atoms with Crippen LogP contribution in [0.15, 0.2) is 41.3 Å². The molecule has 0 spiro atoms. The molecule has 108 valence electrons. The zero-order valence-electron chi connectivity index (χ0n) is 10.4. The van der Waals surface area contributed by atoms with Gasteiger partial charge in [-0.25, -0.2) is 0 Å². The van der Waals surface area contributed by atoms with Gasteiger partial charge >= 0.3 is 6.29 Å². The number of nitrogens with one attached hydrogen (secondary N) is 2. The van der Waals surface area contributed by atoms with Gasteiger partial charge in [-0.05, 0) is 18.2 Å².